The second-order valence-electron chi connectivity index (χ2n) is 6.14. The van der Waals surface area contributed by atoms with E-state index in [4.69, 9.17) is 16.3 Å². The number of rotatable bonds is 6. The fourth-order valence-corrected chi connectivity index (χ4v) is 5.75. The van der Waals surface area contributed by atoms with Crippen LogP contribution in [0.2, 0.25) is 5.02 Å². The van der Waals surface area contributed by atoms with Gasteiger partial charge in [-0.05, 0) is 55.5 Å². The van der Waals surface area contributed by atoms with Gasteiger partial charge in [-0.2, -0.15) is 4.31 Å². The van der Waals surface area contributed by atoms with E-state index < -0.39 is 22.1 Å². The maximum Gasteiger partial charge on any atom is 0.350 e. The van der Waals surface area contributed by atoms with Crippen molar-refractivity contribution in [2.24, 2.45) is 0 Å². The summed E-state index contributed by atoms with van der Waals surface area (Å²) in [6.07, 6.45) is 0.550. The largest absolute Gasteiger partial charge is 0.450 e. The summed E-state index contributed by atoms with van der Waals surface area (Å²) in [5.74, 6) is -1.21. The van der Waals surface area contributed by atoms with E-state index in [2.05, 4.69) is 0 Å². The van der Waals surface area contributed by atoms with Crippen LogP contribution in [-0.4, -0.2) is 43.7 Å². The molecule has 1 aliphatic heterocycles. The van der Waals surface area contributed by atoms with E-state index in [0.29, 0.717) is 23.7 Å². The van der Waals surface area contributed by atoms with Crippen LogP contribution in [0.4, 0.5) is 0 Å². The van der Waals surface area contributed by atoms with Crippen LogP contribution < -0.4 is 0 Å². The summed E-state index contributed by atoms with van der Waals surface area (Å²) < 4.78 is 32.1. The highest BCUT2D eigenvalue weighted by Crippen LogP contribution is 2.28. The third-order valence-corrected chi connectivity index (χ3v) is 7.50. The summed E-state index contributed by atoms with van der Waals surface area (Å²) in [5.41, 5.74) is 0.357. The molecule has 0 unspecified atom stereocenters. The summed E-state index contributed by atoms with van der Waals surface area (Å²) in [6, 6.07) is 7.64. The first-order chi connectivity index (χ1) is 12.8. The summed E-state index contributed by atoms with van der Waals surface area (Å²) >= 11 is 6.79. The van der Waals surface area contributed by atoms with Gasteiger partial charge in [0.05, 0.1) is 0 Å². The first-order valence-corrected chi connectivity index (χ1v) is 11.1. The number of thiophene rings is 1. The Balaban J connectivity index is 1.76. The quantitative estimate of drug-likeness (QED) is 0.519. The number of carbonyl (C=O) groups excluding carboxylic acids is 2. The van der Waals surface area contributed by atoms with E-state index >= 15 is 0 Å². The molecule has 2 aromatic rings. The normalized spacial score (nSPS) is 16.2. The lowest BCUT2D eigenvalue weighted by Crippen LogP contribution is -2.29. The number of esters is 1. The van der Waals surface area contributed by atoms with Crippen LogP contribution in [0.15, 0.2) is 40.6 Å². The number of carbonyl (C=O) groups is 2. The molecule has 0 radical (unpaired) electrons. The van der Waals surface area contributed by atoms with Crippen molar-refractivity contribution in [2.75, 3.05) is 13.1 Å². The molecule has 1 fully saturated rings. The van der Waals surface area contributed by atoms with Crippen molar-refractivity contribution in [3.8, 4) is 0 Å². The predicted molar refractivity (Wildman–Crippen MR) is 103 cm³/mol. The Labute approximate surface area is 166 Å². The topological polar surface area (TPSA) is 80.8 Å². The Kier molecular flexibility index (Phi) is 6.00. The van der Waals surface area contributed by atoms with Gasteiger partial charge < -0.3 is 4.74 Å². The number of benzene rings is 1. The van der Waals surface area contributed by atoms with E-state index in [0.717, 1.165) is 24.2 Å². The van der Waals surface area contributed by atoms with Crippen LogP contribution in [0.5, 0.6) is 0 Å². The van der Waals surface area contributed by atoms with Gasteiger partial charge in [0.15, 0.2) is 6.10 Å². The number of nitrogens with zero attached hydrogens (tertiary/aromatic N) is 1. The van der Waals surface area contributed by atoms with E-state index in [1.807, 2.05) is 0 Å². The third-order valence-electron chi connectivity index (χ3n) is 4.28. The van der Waals surface area contributed by atoms with Crippen LogP contribution in [0.3, 0.4) is 0 Å². The molecule has 1 aromatic carbocycles. The minimum Gasteiger partial charge on any atom is -0.450 e. The molecule has 0 spiro atoms. The minimum absolute atomic E-state index is 0.0161. The van der Waals surface area contributed by atoms with E-state index in [9.17, 15) is 18.0 Å². The van der Waals surface area contributed by atoms with E-state index in [-0.39, 0.29) is 15.6 Å². The number of sulfonamides is 1. The molecule has 0 saturated carbocycles. The number of ketones is 1. The van der Waals surface area contributed by atoms with Gasteiger partial charge >= 0.3 is 5.97 Å². The third kappa shape index (κ3) is 4.24. The summed E-state index contributed by atoms with van der Waals surface area (Å²) in [7, 11) is -3.74. The molecule has 27 heavy (non-hydrogen) atoms. The van der Waals surface area contributed by atoms with Crippen LogP contribution in [0.1, 0.15) is 39.8 Å². The van der Waals surface area contributed by atoms with Crippen molar-refractivity contribution in [1.29, 1.82) is 0 Å². The van der Waals surface area contributed by atoms with Gasteiger partial charge in [-0.3, -0.25) is 4.79 Å². The molecule has 0 bridgehead atoms. The second-order valence-corrected chi connectivity index (χ2v) is 9.40. The Morgan fingerprint density at radius 2 is 1.78 bits per heavy atom. The molecule has 1 atom stereocenters. The monoisotopic (exact) mass is 427 g/mol. The molecule has 0 N–H and O–H groups in total. The zero-order valence-electron chi connectivity index (χ0n) is 14.6. The Morgan fingerprint density at radius 1 is 1.15 bits per heavy atom. The highest BCUT2D eigenvalue weighted by atomic mass is 35.5. The Hall–Kier alpha value is -1.74. The first kappa shape index (κ1) is 20.0. The second kappa shape index (κ2) is 8.10. The highest BCUT2D eigenvalue weighted by Gasteiger charge is 2.33. The maximum atomic E-state index is 12.7. The highest BCUT2D eigenvalue weighted by molar-refractivity contribution is 7.89. The molecule has 9 heteroatoms. The van der Waals surface area contributed by atoms with Gasteiger partial charge in [0, 0.05) is 23.7 Å². The molecular formula is C18H18ClNO5S2. The summed E-state index contributed by atoms with van der Waals surface area (Å²) in [6.45, 7) is 2.34. The zero-order chi connectivity index (χ0) is 19.6. The van der Waals surface area contributed by atoms with Crippen molar-refractivity contribution in [2.45, 2.75) is 30.8 Å². The van der Waals surface area contributed by atoms with E-state index in [1.54, 1.807) is 24.3 Å². The zero-order valence-corrected chi connectivity index (χ0v) is 16.9. The lowest BCUT2D eigenvalue weighted by Gasteiger charge is -2.16. The molecular weight excluding hydrogens is 410 g/mol. The van der Waals surface area contributed by atoms with Gasteiger partial charge in [0.1, 0.15) is 9.77 Å². The van der Waals surface area contributed by atoms with Gasteiger partial charge in [-0.15, -0.1) is 11.3 Å². The molecule has 1 aliphatic rings. The molecule has 144 valence electrons. The first-order valence-electron chi connectivity index (χ1n) is 8.39. The molecule has 3 rings (SSSR count). The van der Waals surface area contributed by atoms with Crippen molar-refractivity contribution in [3.05, 3.63) is 51.2 Å². The fraction of sp³-hybridized carbons (Fsp3) is 0.333. The van der Waals surface area contributed by atoms with Crippen LogP contribution in [0, 0.1) is 0 Å². The lowest BCUT2D eigenvalue weighted by molar-refractivity contribution is 0.0320. The number of hydrogen-bond acceptors (Lipinski definition) is 6. The van der Waals surface area contributed by atoms with Crippen LogP contribution in [-0.2, 0) is 14.8 Å². The lowest BCUT2D eigenvalue weighted by atomic mass is 10.1. The van der Waals surface area contributed by atoms with E-state index in [1.165, 1.54) is 22.7 Å². The predicted octanol–water partition coefficient (Wildman–Crippen LogP) is 3.61. The average Bonchev–Trinajstić information content (AvgIpc) is 3.33. The smallest absolute Gasteiger partial charge is 0.350 e. The molecule has 2 heterocycles. The fourth-order valence-electron chi connectivity index (χ4n) is 2.83. The van der Waals surface area contributed by atoms with Crippen molar-refractivity contribution in [3.63, 3.8) is 0 Å². The molecule has 0 aliphatic carbocycles. The summed E-state index contributed by atoms with van der Waals surface area (Å²) in [4.78, 5) is 24.8. The SMILES string of the molecule is C[C@@H](OC(=O)c1sccc1S(=O)(=O)N1CCCC1)C(=O)c1ccc(Cl)cc1. The number of hydrogen-bond donors (Lipinski definition) is 0. The standard InChI is InChI=1S/C18H18ClNO5S2/c1-12(16(21)13-4-6-14(19)7-5-13)25-18(22)17-15(8-11-26-17)27(23,24)20-9-2-3-10-20/h4-8,11-12H,2-3,9-10H2,1H3/t12-/m1/s1. The Bertz CT molecular complexity index is 946. The van der Waals surface area contributed by atoms with Crippen LogP contribution >= 0.6 is 22.9 Å². The number of Topliss-reactive ketones (excluding diaryl/α,β-unsaturated/α-hetero) is 1. The van der Waals surface area contributed by atoms with Gasteiger partial charge in [0.2, 0.25) is 15.8 Å². The van der Waals surface area contributed by atoms with Crippen LogP contribution in [0.25, 0.3) is 0 Å². The molecule has 0 amide bonds. The summed E-state index contributed by atoms with van der Waals surface area (Å²) in [5, 5.41) is 2.03. The Morgan fingerprint density at radius 3 is 2.41 bits per heavy atom. The molecule has 6 nitrogen and oxygen atoms in total. The van der Waals surface area contributed by atoms with Crippen molar-refractivity contribution < 1.29 is 22.7 Å². The average molecular weight is 428 g/mol. The van der Waals surface area contributed by atoms with Gasteiger partial charge in [-0.1, -0.05) is 11.6 Å². The molecule has 1 aromatic heterocycles. The van der Waals surface area contributed by atoms with Crippen molar-refractivity contribution >= 4 is 44.7 Å². The molecule has 1 saturated heterocycles. The number of halogens is 1. The number of ether oxygens (including phenoxy) is 1. The van der Waals surface area contributed by atoms with Crippen molar-refractivity contribution in [1.82, 2.24) is 4.31 Å². The van der Waals surface area contributed by atoms with Gasteiger partial charge in [-0.25, -0.2) is 13.2 Å². The minimum atomic E-state index is -3.74. The van der Waals surface area contributed by atoms with Gasteiger partial charge in [0.25, 0.3) is 0 Å². The maximum absolute atomic E-state index is 12.7.